The zero-order valence-corrected chi connectivity index (χ0v) is 37.1. The molecule has 1 amide bonds. The summed E-state index contributed by atoms with van der Waals surface area (Å²) in [5, 5.41) is 0. The van der Waals surface area contributed by atoms with Gasteiger partial charge in [-0.2, -0.15) is 0 Å². The molecule has 0 fully saturated rings. The zero-order valence-electron chi connectivity index (χ0n) is 31.0. The molecule has 14 heteroatoms. The fourth-order valence-corrected chi connectivity index (χ4v) is 7.37. The molecule has 0 bridgehead atoms. The van der Waals surface area contributed by atoms with Crippen LogP contribution >= 0.6 is 43.2 Å². The molecule has 0 saturated carbocycles. The fraction of sp³-hybridized carbons (Fsp3) is 0.308. The van der Waals surface area contributed by atoms with Gasteiger partial charge in [0, 0.05) is 52.3 Å². The molecule has 0 atom stereocenters. The summed E-state index contributed by atoms with van der Waals surface area (Å²) in [6.45, 7) is 11.2. The van der Waals surface area contributed by atoms with E-state index < -0.39 is 18.4 Å². The number of aryl methyl sites for hydroxylation is 2. The molecule has 283 valence electrons. The van der Waals surface area contributed by atoms with Gasteiger partial charge in [0.05, 0.1) is 20.8 Å². The van der Waals surface area contributed by atoms with Crippen LogP contribution in [0, 0.1) is 19.3 Å². The van der Waals surface area contributed by atoms with Crippen molar-refractivity contribution in [2.75, 3.05) is 20.8 Å². The van der Waals surface area contributed by atoms with E-state index in [0.29, 0.717) is 6.61 Å². The number of amides is 1. The fourth-order valence-electron chi connectivity index (χ4n) is 3.51. The second kappa shape index (κ2) is 26.9. The van der Waals surface area contributed by atoms with Gasteiger partial charge in [-0.25, -0.2) is 9.59 Å². The molecule has 0 aliphatic carbocycles. The predicted octanol–water partition coefficient (Wildman–Crippen LogP) is 12.8. The van der Waals surface area contributed by atoms with Crippen molar-refractivity contribution in [2.24, 2.45) is 5.41 Å². The number of ether oxygens (including phenoxy) is 5. The third-order valence-electron chi connectivity index (χ3n) is 6.49. The number of carbonyl (C=O) groups excluding carboxylic acids is 3. The van der Waals surface area contributed by atoms with Gasteiger partial charge in [-0.15, -0.1) is 0 Å². The summed E-state index contributed by atoms with van der Waals surface area (Å²) in [6, 6.07) is 32.6. The molecule has 0 spiro atoms. The summed E-state index contributed by atoms with van der Waals surface area (Å²) in [5.41, 5.74) is 11.2. The Bertz CT molecular complexity index is 1640. The number of carbonyl (C=O) groups is 3. The third-order valence-corrected chi connectivity index (χ3v) is 11.3. The molecular formula is C39H46NO8S4Y-. The number of benzene rings is 4. The molecule has 4 aromatic carbocycles. The van der Waals surface area contributed by atoms with E-state index in [0.717, 1.165) is 27.3 Å². The average Bonchev–Trinajstić information content (AvgIpc) is 3.13. The largest absolute Gasteiger partial charge is 0.632 e. The molecule has 1 radical (unpaired) electrons. The van der Waals surface area contributed by atoms with Crippen LogP contribution in [-0.2, 0) is 69.6 Å². The Morgan fingerprint density at radius 2 is 0.868 bits per heavy atom. The van der Waals surface area contributed by atoms with Crippen LogP contribution in [0.1, 0.15) is 49.4 Å². The normalized spacial score (nSPS) is 10.2. The molecule has 0 heterocycles. The first-order valence-electron chi connectivity index (χ1n) is 16.1. The van der Waals surface area contributed by atoms with Gasteiger partial charge in [-0.05, 0) is 85.3 Å². The van der Waals surface area contributed by atoms with E-state index in [-0.39, 0.29) is 51.3 Å². The van der Waals surface area contributed by atoms with E-state index in [9.17, 15) is 14.4 Å². The summed E-state index contributed by atoms with van der Waals surface area (Å²) in [7, 11) is 9.42. The topological polar surface area (TPSA) is 121 Å². The molecule has 0 aliphatic heterocycles. The van der Waals surface area contributed by atoms with Crippen molar-refractivity contribution in [3.63, 3.8) is 0 Å². The van der Waals surface area contributed by atoms with E-state index in [1.54, 1.807) is 43.2 Å². The quantitative estimate of drug-likeness (QED) is 0.0765. The molecular weight excluding hydrogens is 828 g/mol. The van der Waals surface area contributed by atoms with Crippen LogP contribution in [0.25, 0.3) is 5.73 Å². The summed E-state index contributed by atoms with van der Waals surface area (Å²) < 4.78 is 22.9. The van der Waals surface area contributed by atoms with Crippen molar-refractivity contribution in [3.8, 4) is 0 Å². The Balaban J connectivity index is 0.000000414. The van der Waals surface area contributed by atoms with Gasteiger partial charge < -0.3 is 29.4 Å². The van der Waals surface area contributed by atoms with Gasteiger partial charge in [0.25, 0.3) is 0 Å². The second-order valence-corrected chi connectivity index (χ2v) is 16.7. The van der Waals surface area contributed by atoms with Crippen LogP contribution in [0.15, 0.2) is 117 Å². The molecule has 1 N–H and O–H groups in total. The molecule has 9 nitrogen and oxygen atoms in total. The molecule has 4 rings (SSSR count). The summed E-state index contributed by atoms with van der Waals surface area (Å²) in [4.78, 5) is 36.5. The van der Waals surface area contributed by atoms with Crippen molar-refractivity contribution in [1.82, 2.24) is 0 Å². The maximum absolute atomic E-state index is 10.9. The monoisotopic (exact) mass is 873 g/mol. The van der Waals surface area contributed by atoms with Crippen LogP contribution in [0.3, 0.4) is 0 Å². The van der Waals surface area contributed by atoms with Gasteiger partial charge in [-0.1, -0.05) is 124 Å². The average molecular weight is 874 g/mol. The van der Waals surface area contributed by atoms with Crippen molar-refractivity contribution in [2.45, 2.75) is 73.8 Å². The Hall–Kier alpha value is -2.81. The van der Waals surface area contributed by atoms with Crippen molar-refractivity contribution in [3.05, 3.63) is 125 Å². The van der Waals surface area contributed by atoms with E-state index in [1.807, 2.05) is 48.5 Å². The number of hydrogen-bond donors (Lipinski definition) is 0. The number of methoxy groups -OCH3 is 2. The molecule has 0 unspecified atom stereocenters. The number of hydrogen-bond acceptors (Lipinski definition) is 12. The summed E-state index contributed by atoms with van der Waals surface area (Å²) in [6.07, 6.45) is -1.42. The van der Waals surface area contributed by atoms with E-state index in [4.69, 9.17) is 15.2 Å². The smallest absolute Gasteiger partial charge is 0.508 e. The van der Waals surface area contributed by atoms with Gasteiger partial charge in [0.15, 0.2) is 0 Å². The van der Waals surface area contributed by atoms with Gasteiger partial charge in [0.1, 0.15) is 13.2 Å². The van der Waals surface area contributed by atoms with E-state index in [2.05, 4.69) is 97.4 Å². The summed E-state index contributed by atoms with van der Waals surface area (Å²) in [5.74, 6) is 0. The van der Waals surface area contributed by atoms with Gasteiger partial charge in [-0.3, -0.25) is 4.79 Å². The Morgan fingerprint density at radius 1 is 0.547 bits per heavy atom. The first-order valence-corrected chi connectivity index (χ1v) is 20.4. The number of nitrogens with one attached hydrogen (secondary N) is 1. The van der Waals surface area contributed by atoms with Crippen molar-refractivity contribution < 1.29 is 70.8 Å². The molecule has 0 saturated heterocycles. The van der Waals surface area contributed by atoms with Gasteiger partial charge in [0.2, 0.25) is 6.09 Å². The molecule has 4 aromatic rings. The van der Waals surface area contributed by atoms with E-state index in [1.165, 1.54) is 35.1 Å². The minimum absolute atomic E-state index is 0. The standard InChI is InChI=1S/C16H16O3S2.C15H15NO2S2.C8H16O3.Y/c1-12-3-7-14(8-4-12)20-21-15-9-5-13(6-10-15)11-19-16(17)18-2;1-11-2-6-13(7-3-11)19-20-14-8-4-12(5-9-14)10-18-15(16)17;1-8(2,3)5-6-11-7(9)10-4;/h3-10H,11H2,1-2H3;2-9H,10H2,1H3,(H2,16,17);5-6H2,1-4H3;/p-1. The van der Waals surface area contributed by atoms with Crippen LogP contribution in [0.4, 0.5) is 14.4 Å². The predicted molar refractivity (Wildman–Crippen MR) is 213 cm³/mol. The van der Waals surface area contributed by atoms with Gasteiger partial charge >= 0.3 is 12.3 Å². The van der Waals surface area contributed by atoms with E-state index >= 15 is 0 Å². The first-order chi connectivity index (χ1) is 24.8. The molecule has 0 aromatic heterocycles. The maximum atomic E-state index is 10.9. The first kappa shape index (κ1) is 48.2. The molecule has 53 heavy (non-hydrogen) atoms. The summed E-state index contributed by atoms with van der Waals surface area (Å²) >= 11 is 0. The van der Waals surface area contributed by atoms with Crippen LogP contribution in [0.2, 0.25) is 0 Å². The minimum Gasteiger partial charge on any atom is -0.632 e. The Kier molecular flexibility index (Phi) is 24.5. The number of rotatable bonds is 12. The van der Waals surface area contributed by atoms with Crippen LogP contribution in [-0.4, -0.2) is 39.2 Å². The Morgan fingerprint density at radius 3 is 1.19 bits per heavy atom. The van der Waals surface area contributed by atoms with Crippen LogP contribution in [0.5, 0.6) is 0 Å². The van der Waals surface area contributed by atoms with Crippen molar-refractivity contribution >= 4 is 61.6 Å². The Labute approximate surface area is 354 Å². The van der Waals surface area contributed by atoms with Crippen LogP contribution < -0.4 is 0 Å². The molecule has 0 aliphatic rings. The maximum Gasteiger partial charge on any atom is 0.508 e. The SMILES string of the molecule is COC(=O)OCCC(C)(C)C.COC(=O)OCc1ccc(SSc2ccc(C)cc2)cc1.Cc1ccc(SSc2ccc(COC([NH-])=O)cc2)cc1.[Y]. The van der Waals surface area contributed by atoms with Crippen molar-refractivity contribution in [1.29, 1.82) is 0 Å². The zero-order chi connectivity index (χ0) is 38.4. The third kappa shape index (κ3) is 23.6. The second-order valence-electron chi connectivity index (χ2n) is 12.2. The minimum atomic E-state index is -1.00.